The molecule has 0 aromatic carbocycles. The number of fused-ring (bicyclic) bond motifs is 1. The Morgan fingerprint density at radius 3 is 2.76 bits per heavy atom. The monoisotopic (exact) mass is 340 g/mol. The van der Waals surface area contributed by atoms with Crippen LogP contribution in [0.1, 0.15) is 29.8 Å². The highest BCUT2D eigenvalue weighted by atomic mass is 16.1. The van der Waals surface area contributed by atoms with Crippen LogP contribution in [-0.2, 0) is 33.0 Å². The van der Waals surface area contributed by atoms with Crippen LogP contribution in [0.4, 0.5) is 0 Å². The third kappa shape index (κ3) is 3.31. The Labute approximate surface area is 146 Å². The van der Waals surface area contributed by atoms with Gasteiger partial charge in [-0.1, -0.05) is 6.07 Å². The van der Waals surface area contributed by atoms with E-state index < -0.39 is 0 Å². The molecule has 0 bridgehead atoms. The summed E-state index contributed by atoms with van der Waals surface area (Å²) >= 11 is 0. The van der Waals surface area contributed by atoms with Gasteiger partial charge in [0.05, 0.1) is 12.2 Å². The van der Waals surface area contributed by atoms with Crippen molar-refractivity contribution in [2.75, 3.05) is 13.1 Å². The molecule has 2 aliphatic rings. The zero-order chi connectivity index (χ0) is 17.4. The summed E-state index contributed by atoms with van der Waals surface area (Å²) in [4.78, 5) is 26.3. The van der Waals surface area contributed by atoms with Crippen molar-refractivity contribution in [3.8, 4) is 0 Å². The van der Waals surface area contributed by atoms with E-state index in [1.807, 2.05) is 19.2 Å². The SMILES string of the molecule is Cn1c(CN2CC(Cn3nc4c(cc3=O)CCCC4)C2)cccc1=O. The highest BCUT2D eigenvalue weighted by molar-refractivity contribution is 5.20. The average Bonchev–Trinajstić information content (AvgIpc) is 2.57. The molecule has 1 aliphatic heterocycles. The third-order valence-corrected chi connectivity index (χ3v) is 5.41. The quantitative estimate of drug-likeness (QED) is 0.832. The van der Waals surface area contributed by atoms with Gasteiger partial charge in [-0.15, -0.1) is 0 Å². The predicted molar refractivity (Wildman–Crippen MR) is 95.6 cm³/mol. The smallest absolute Gasteiger partial charge is 0.267 e. The molecule has 0 atom stereocenters. The van der Waals surface area contributed by atoms with E-state index in [1.165, 1.54) is 6.42 Å². The van der Waals surface area contributed by atoms with Gasteiger partial charge in [0.15, 0.2) is 0 Å². The van der Waals surface area contributed by atoms with Crippen LogP contribution in [0.15, 0.2) is 33.9 Å². The predicted octanol–water partition coefficient (Wildman–Crippen LogP) is 0.953. The second-order valence-corrected chi connectivity index (χ2v) is 7.32. The van der Waals surface area contributed by atoms with Crippen molar-refractivity contribution in [3.05, 3.63) is 61.9 Å². The first-order valence-corrected chi connectivity index (χ1v) is 9.07. The molecular weight excluding hydrogens is 316 g/mol. The van der Waals surface area contributed by atoms with Crippen LogP contribution in [-0.4, -0.2) is 32.3 Å². The highest BCUT2D eigenvalue weighted by Gasteiger charge is 2.28. The topological polar surface area (TPSA) is 60.1 Å². The number of aromatic nitrogens is 3. The molecule has 6 heteroatoms. The molecule has 6 nitrogen and oxygen atoms in total. The number of rotatable bonds is 4. The van der Waals surface area contributed by atoms with Gasteiger partial charge < -0.3 is 4.57 Å². The first-order chi connectivity index (χ1) is 12.1. The van der Waals surface area contributed by atoms with Crippen LogP contribution >= 0.6 is 0 Å². The van der Waals surface area contributed by atoms with Gasteiger partial charge in [0.1, 0.15) is 0 Å². The van der Waals surface area contributed by atoms with E-state index >= 15 is 0 Å². The van der Waals surface area contributed by atoms with E-state index in [0.29, 0.717) is 12.5 Å². The molecular formula is C19H24N4O2. The van der Waals surface area contributed by atoms with E-state index in [-0.39, 0.29) is 11.1 Å². The molecule has 0 N–H and O–H groups in total. The molecule has 0 spiro atoms. The standard InChI is InChI=1S/C19H24N4O2/c1-21-16(6-4-8-18(21)24)13-22-10-14(11-22)12-23-19(25)9-15-5-2-3-7-17(15)20-23/h4,6,8-9,14H,2-3,5,7,10-13H2,1H3. The maximum atomic E-state index is 12.3. The third-order valence-electron chi connectivity index (χ3n) is 5.41. The first-order valence-electron chi connectivity index (χ1n) is 9.07. The van der Waals surface area contributed by atoms with E-state index in [4.69, 9.17) is 0 Å². The zero-order valence-electron chi connectivity index (χ0n) is 14.6. The van der Waals surface area contributed by atoms with E-state index in [1.54, 1.807) is 21.4 Å². The highest BCUT2D eigenvalue weighted by Crippen LogP contribution is 2.20. The van der Waals surface area contributed by atoms with Crippen molar-refractivity contribution in [1.29, 1.82) is 0 Å². The molecule has 0 saturated carbocycles. The molecule has 3 heterocycles. The summed E-state index contributed by atoms with van der Waals surface area (Å²) in [7, 11) is 1.81. The van der Waals surface area contributed by atoms with Crippen molar-refractivity contribution >= 4 is 0 Å². The van der Waals surface area contributed by atoms with Gasteiger partial charge in [-0.25, -0.2) is 4.68 Å². The summed E-state index contributed by atoms with van der Waals surface area (Å²) in [6, 6.07) is 7.17. The lowest BCUT2D eigenvalue weighted by Crippen LogP contribution is -2.49. The van der Waals surface area contributed by atoms with Crippen molar-refractivity contribution < 1.29 is 0 Å². The fourth-order valence-electron chi connectivity index (χ4n) is 3.89. The second kappa shape index (κ2) is 6.59. The van der Waals surface area contributed by atoms with Crippen LogP contribution in [0.5, 0.6) is 0 Å². The molecule has 2 aromatic heterocycles. The van der Waals surface area contributed by atoms with Crippen molar-refractivity contribution in [2.24, 2.45) is 13.0 Å². The van der Waals surface area contributed by atoms with Gasteiger partial charge >= 0.3 is 0 Å². The Hall–Kier alpha value is -2.21. The van der Waals surface area contributed by atoms with Gasteiger partial charge in [0, 0.05) is 50.4 Å². The van der Waals surface area contributed by atoms with E-state index in [0.717, 1.165) is 55.8 Å². The van der Waals surface area contributed by atoms with E-state index in [9.17, 15) is 9.59 Å². The van der Waals surface area contributed by atoms with Gasteiger partial charge in [-0.05, 0) is 37.3 Å². The van der Waals surface area contributed by atoms with Gasteiger partial charge in [-0.3, -0.25) is 14.5 Å². The molecule has 0 amide bonds. The van der Waals surface area contributed by atoms with Crippen LogP contribution in [0.25, 0.3) is 0 Å². The molecule has 132 valence electrons. The molecule has 1 fully saturated rings. The fourth-order valence-corrected chi connectivity index (χ4v) is 3.89. The Morgan fingerprint density at radius 1 is 1.12 bits per heavy atom. The second-order valence-electron chi connectivity index (χ2n) is 7.32. The van der Waals surface area contributed by atoms with Crippen molar-refractivity contribution in [2.45, 2.75) is 38.8 Å². The van der Waals surface area contributed by atoms with Crippen LogP contribution < -0.4 is 11.1 Å². The number of hydrogen-bond acceptors (Lipinski definition) is 4. The lowest BCUT2D eigenvalue weighted by Gasteiger charge is -2.39. The van der Waals surface area contributed by atoms with Crippen molar-refractivity contribution in [1.82, 2.24) is 19.2 Å². The Morgan fingerprint density at radius 2 is 1.92 bits per heavy atom. The Kier molecular flexibility index (Phi) is 4.29. The normalized spacial score (nSPS) is 18.0. The van der Waals surface area contributed by atoms with Crippen LogP contribution in [0, 0.1) is 5.92 Å². The maximum Gasteiger partial charge on any atom is 0.267 e. The molecule has 2 aromatic rings. The minimum atomic E-state index is 0.0272. The van der Waals surface area contributed by atoms with Crippen LogP contribution in [0.2, 0.25) is 0 Å². The summed E-state index contributed by atoms with van der Waals surface area (Å²) in [6.07, 6.45) is 4.32. The first kappa shape index (κ1) is 16.3. The van der Waals surface area contributed by atoms with Crippen molar-refractivity contribution in [3.63, 3.8) is 0 Å². The molecule has 4 rings (SSSR count). The van der Waals surface area contributed by atoms with E-state index in [2.05, 4.69) is 10.00 Å². The largest absolute Gasteiger partial charge is 0.314 e. The zero-order valence-corrected chi connectivity index (χ0v) is 14.6. The van der Waals surface area contributed by atoms with Gasteiger partial charge in [-0.2, -0.15) is 5.10 Å². The molecule has 1 saturated heterocycles. The lowest BCUT2D eigenvalue weighted by atomic mass is 9.96. The number of likely N-dealkylation sites (tertiary alicyclic amines) is 1. The minimum Gasteiger partial charge on any atom is -0.314 e. The Balaban J connectivity index is 1.38. The summed E-state index contributed by atoms with van der Waals surface area (Å²) in [5, 5.41) is 4.61. The fraction of sp³-hybridized carbons (Fsp3) is 0.526. The number of aryl methyl sites for hydroxylation is 2. The summed E-state index contributed by atoms with van der Waals surface area (Å²) in [5.74, 6) is 0.451. The number of hydrogen-bond donors (Lipinski definition) is 0. The van der Waals surface area contributed by atoms with Gasteiger partial charge in [0.2, 0.25) is 5.56 Å². The summed E-state index contributed by atoms with van der Waals surface area (Å²) in [5.41, 5.74) is 3.34. The molecule has 0 unspecified atom stereocenters. The summed E-state index contributed by atoms with van der Waals surface area (Å²) < 4.78 is 3.35. The maximum absolute atomic E-state index is 12.3. The molecule has 0 radical (unpaired) electrons. The Bertz CT molecular complexity index is 893. The average molecular weight is 340 g/mol. The number of nitrogens with zero attached hydrogens (tertiary/aromatic N) is 4. The minimum absolute atomic E-state index is 0.0272. The van der Waals surface area contributed by atoms with Gasteiger partial charge in [0.25, 0.3) is 5.56 Å². The number of pyridine rings is 1. The molecule has 25 heavy (non-hydrogen) atoms. The van der Waals surface area contributed by atoms with Crippen LogP contribution in [0.3, 0.4) is 0 Å². The molecule has 1 aliphatic carbocycles. The lowest BCUT2D eigenvalue weighted by molar-refractivity contribution is 0.0740. The summed E-state index contributed by atoms with van der Waals surface area (Å²) in [6.45, 7) is 3.34.